The van der Waals surface area contributed by atoms with E-state index in [4.69, 9.17) is 4.42 Å². The molecule has 3 amide bonds. The maximum atomic E-state index is 13.0. The number of amides is 3. The van der Waals surface area contributed by atoms with Gasteiger partial charge in [0.2, 0.25) is 5.91 Å². The van der Waals surface area contributed by atoms with Crippen LogP contribution in [-0.2, 0) is 4.79 Å². The quantitative estimate of drug-likeness (QED) is 0.844. The Hall–Kier alpha value is -3.09. The van der Waals surface area contributed by atoms with Gasteiger partial charge in [-0.2, -0.15) is 0 Å². The Kier molecular flexibility index (Phi) is 5.64. The molecular weight excluding hydrogens is 370 g/mol. The molecule has 152 valence electrons. The predicted molar refractivity (Wildman–Crippen MR) is 108 cm³/mol. The van der Waals surface area contributed by atoms with Crippen molar-refractivity contribution >= 4 is 23.4 Å². The van der Waals surface area contributed by atoms with Crippen LogP contribution in [0.5, 0.6) is 0 Å². The first kappa shape index (κ1) is 19.2. The second kappa shape index (κ2) is 8.51. The third-order valence-corrected chi connectivity index (χ3v) is 5.58. The number of rotatable bonds is 5. The molecule has 1 N–H and O–H groups in total. The number of hydrogen-bond donors (Lipinski definition) is 1. The zero-order valence-electron chi connectivity index (χ0n) is 16.3. The molecule has 1 aromatic carbocycles. The van der Waals surface area contributed by atoms with Gasteiger partial charge in [0.15, 0.2) is 5.76 Å². The first-order chi connectivity index (χ1) is 14.1. The fraction of sp³-hybridized carbons (Fsp3) is 0.409. The second-order valence-corrected chi connectivity index (χ2v) is 7.65. The molecule has 0 spiro atoms. The molecule has 1 atom stereocenters. The normalized spacial score (nSPS) is 19.4. The van der Waals surface area contributed by atoms with Gasteiger partial charge in [-0.3, -0.25) is 14.4 Å². The summed E-state index contributed by atoms with van der Waals surface area (Å²) in [5.41, 5.74) is 1.39. The number of carbonyl (C=O) groups excluding carboxylic acids is 3. The van der Waals surface area contributed by atoms with Gasteiger partial charge in [-0.1, -0.05) is 6.07 Å². The number of benzene rings is 1. The smallest absolute Gasteiger partial charge is 0.286 e. The van der Waals surface area contributed by atoms with Crippen LogP contribution in [0.1, 0.15) is 46.6 Å². The molecule has 0 aliphatic carbocycles. The van der Waals surface area contributed by atoms with Crippen LogP contribution in [0.3, 0.4) is 0 Å². The van der Waals surface area contributed by atoms with Gasteiger partial charge in [0, 0.05) is 43.9 Å². The van der Waals surface area contributed by atoms with Crippen molar-refractivity contribution in [2.45, 2.75) is 25.7 Å². The van der Waals surface area contributed by atoms with Gasteiger partial charge in [0.05, 0.1) is 6.26 Å². The number of nitrogens with zero attached hydrogens (tertiary/aromatic N) is 2. The highest BCUT2D eigenvalue weighted by Gasteiger charge is 2.27. The monoisotopic (exact) mass is 395 g/mol. The largest absolute Gasteiger partial charge is 0.459 e. The molecule has 1 aromatic heterocycles. The molecule has 2 saturated heterocycles. The summed E-state index contributed by atoms with van der Waals surface area (Å²) in [6.45, 7) is 2.52. The van der Waals surface area contributed by atoms with Crippen molar-refractivity contribution in [1.82, 2.24) is 10.2 Å². The molecule has 0 saturated carbocycles. The number of nitrogens with one attached hydrogen (secondary N) is 1. The standard InChI is InChI=1S/C22H25N3O4/c26-20-9-3-11-25(20)18-7-1-6-17(13-18)22(28)24-10-2-5-16(15-24)14-23-21(27)19-8-4-12-29-19/h1,4,6-8,12-13,16H,2-3,5,9-11,14-15H2,(H,23,27)/t16-/m1/s1. The summed E-state index contributed by atoms with van der Waals surface area (Å²) < 4.78 is 5.11. The lowest BCUT2D eigenvalue weighted by molar-refractivity contribution is -0.117. The lowest BCUT2D eigenvalue weighted by Gasteiger charge is -2.33. The van der Waals surface area contributed by atoms with Gasteiger partial charge in [-0.05, 0) is 55.5 Å². The number of likely N-dealkylation sites (tertiary alicyclic amines) is 1. The average Bonchev–Trinajstić information content (AvgIpc) is 3.44. The summed E-state index contributed by atoms with van der Waals surface area (Å²) in [5, 5.41) is 2.89. The molecule has 7 nitrogen and oxygen atoms in total. The summed E-state index contributed by atoms with van der Waals surface area (Å²) in [6.07, 6.45) is 4.76. The molecule has 0 unspecified atom stereocenters. The molecule has 2 fully saturated rings. The van der Waals surface area contributed by atoms with E-state index in [2.05, 4.69) is 5.32 Å². The molecule has 3 heterocycles. The zero-order valence-corrected chi connectivity index (χ0v) is 16.3. The predicted octanol–water partition coefficient (Wildman–Crippen LogP) is 2.69. The number of carbonyl (C=O) groups is 3. The lowest BCUT2D eigenvalue weighted by atomic mass is 9.97. The van der Waals surface area contributed by atoms with Gasteiger partial charge < -0.3 is 19.5 Å². The topological polar surface area (TPSA) is 82.9 Å². The fourth-order valence-electron chi connectivity index (χ4n) is 4.06. The van der Waals surface area contributed by atoms with Gasteiger partial charge in [-0.15, -0.1) is 0 Å². The summed E-state index contributed by atoms with van der Waals surface area (Å²) >= 11 is 0. The third-order valence-electron chi connectivity index (χ3n) is 5.58. The molecule has 2 aliphatic heterocycles. The van der Waals surface area contributed by atoms with E-state index in [9.17, 15) is 14.4 Å². The first-order valence-corrected chi connectivity index (χ1v) is 10.1. The van der Waals surface area contributed by atoms with E-state index in [1.165, 1.54) is 6.26 Å². The average molecular weight is 395 g/mol. The van der Waals surface area contributed by atoms with Gasteiger partial charge >= 0.3 is 0 Å². The molecule has 2 aromatic rings. The minimum Gasteiger partial charge on any atom is -0.459 e. The van der Waals surface area contributed by atoms with E-state index in [1.54, 1.807) is 23.1 Å². The SMILES string of the molecule is O=C(NC[C@H]1CCCN(C(=O)c2cccc(N3CCCC3=O)c2)C1)c1ccco1. The lowest BCUT2D eigenvalue weighted by Crippen LogP contribution is -2.43. The third kappa shape index (κ3) is 4.34. The Morgan fingerprint density at radius 3 is 2.79 bits per heavy atom. The van der Waals surface area contributed by atoms with Crippen LogP contribution in [0.25, 0.3) is 0 Å². The van der Waals surface area contributed by atoms with Crippen molar-refractivity contribution in [3.8, 4) is 0 Å². The summed E-state index contributed by atoms with van der Waals surface area (Å²) in [7, 11) is 0. The minimum atomic E-state index is -0.235. The fourth-order valence-corrected chi connectivity index (χ4v) is 4.06. The molecule has 7 heteroatoms. The Morgan fingerprint density at radius 1 is 1.14 bits per heavy atom. The van der Waals surface area contributed by atoms with Crippen LogP contribution >= 0.6 is 0 Å². The van der Waals surface area contributed by atoms with E-state index >= 15 is 0 Å². The van der Waals surface area contributed by atoms with Gasteiger partial charge in [0.1, 0.15) is 0 Å². The summed E-state index contributed by atoms with van der Waals surface area (Å²) in [5.74, 6) is 0.346. The highest BCUT2D eigenvalue weighted by atomic mass is 16.3. The molecule has 0 radical (unpaired) electrons. The zero-order chi connectivity index (χ0) is 20.2. The van der Waals surface area contributed by atoms with Crippen molar-refractivity contribution in [1.29, 1.82) is 0 Å². The van der Waals surface area contributed by atoms with Crippen LogP contribution in [0, 0.1) is 5.92 Å². The van der Waals surface area contributed by atoms with E-state index in [0.717, 1.165) is 24.9 Å². The van der Waals surface area contributed by atoms with E-state index in [1.807, 2.05) is 23.1 Å². The number of piperidine rings is 1. The Balaban J connectivity index is 1.37. The maximum Gasteiger partial charge on any atom is 0.286 e. The molecule has 0 bridgehead atoms. The number of furan rings is 1. The van der Waals surface area contributed by atoms with Crippen LogP contribution in [0.4, 0.5) is 5.69 Å². The van der Waals surface area contributed by atoms with Crippen LogP contribution in [0.15, 0.2) is 47.1 Å². The van der Waals surface area contributed by atoms with Crippen molar-refractivity contribution in [2.24, 2.45) is 5.92 Å². The number of hydrogen-bond acceptors (Lipinski definition) is 4. The molecule has 2 aliphatic rings. The second-order valence-electron chi connectivity index (χ2n) is 7.65. The van der Waals surface area contributed by atoms with Crippen LogP contribution < -0.4 is 10.2 Å². The van der Waals surface area contributed by atoms with Crippen molar-refractivity contribution in [2.75, 3.05) is 31.1 Å². The number of anilines is 1. The first-order valence-electron chi connectivity index (χ1n) is 10.1. The Morgan fingerprint density at radius 2 is 2.03 bits per heavy atom. The molecule has 4 rings (SSSR count). The van der Waals surface area contributed by atoms with Crippen molar-refractivity contribution < 1.29 is 18.8 Å². The molecule has 29 heavy (non-hydrogen) atoms. The highest BCUT2D eigenvalue weighted by Crippen LogP contribution is 2.24. The minimum absolute atomic E-state index is 0.0273. The van der Waals surface area contributed by atoms with E-state index in [-0.39, 0.29) is 23.6 Å². The van der Waals surface area contributed by atoms with E-state index < -0.39 is 0 Å². The van der Waals surface area contributed by atoms with Crippen LogP contribution in [-0.4, -0.2) is 48.8 Å². The highest BCUT2D eigenvalue weighted by molar-refractivity contribution is 5.99. The van der Waals surface area contributed by atoms with Crippen LogP contribution in [0.2, 0.25) is 0 Å². The van der Waals surface area contributed by atoms with Crippen molar-refractivity contribution in [3.05, 3.63) is 54.0 Å². The van der Waals surface area contributed by atoms with Gasteiger partial charge in [0.25, 0.3) is 11.8 Å². The maximum absolute atomic E-state index is 13.0. The Labute approximate surface area is 169 Å². The van der Waals surface area contributed by atoms with Gasteiger partial charge in [-0.25, -0.2) is 0 Å². The van der Waals surface area contributed by atoms with E-state index in [0.29, 0.717) is 43.9 Å². The van der Waals surface area contributed by atoms with Crippen molar-refractivity contribution in [3.63, 3.8) is 0 Å². The summed E-state index contributed by atoms with van der Waals surface area (Å²) in [6, 6.07) is 10.6. The Bertz CT molecular complexity index is 893. The molecular formula is C22H25N3O4. The summed E-state index contributed by atoms with van der Waals surface area (Å²) in [4.78, 5) is 40.7.